The van der Waals surface area contributed by atoms with Crippen LogP contribution in [0.15, 0.2) is 5.38 Å². The molecule has 15 heavy (non-hydrogen) atoms. The van der Waals surface area contributed by atoms with Gasteiger partial charge in [0.2, 0.25) is 0 Å². The highest BCUT2D eigenvalue weighted by atomic mass is 32.2. The molecule has 0 N–H and O–H groups in total. The molecular formula is C12H21NS2. The standard InChI is InChI=1S/C12H21NS2/c1-5-9(3)11-7-15-12(13-11)8-14-10(4)6-2/h7,9-10H,5-6,8H2,1-4H3. The predicted octanol–water partition coefficient (Wildman–Crippen LogP) is 4.69. The lowest BCUT2D eigenvalue weighted by atomic mass is 10.1. The molecule has 86 valence electrons. The van der Waals surface area contributed by atoms with E-state index in [4.69, 9.17) is 0 Å². The van der Waals surface area contributed by atoms with Gasteiger partial charge in [0.25, 0.3) is 0 Å². The van der Waals surface area contributed by atoms with Crippen molar-refractivity contribution >= 4 is 23.1 Å². The summed E-state index contributed by atoms with van der Waals surface area (Å²) in [5.41, 5.74) is 1.28. The van der Waals surface area contributed by atoms with Crippen molar-refractivity contribution in [1.29, 1.82) is 0 Å². The maximum absolute atomic E-state index is 4.68. The first-order valence-corrected chi connectivity index (χ1v) is 7.66. The summed E-state index contributed by atoms with van der Waals surface area (Å²) in [4.78, 5) is 4.68. The van der Waals surface area contributed by atoms with Crippen molar-refractivity contribution in [2.75, 3.05) is 0 Å². The largest absolute Gasteiger partial charge is 0.245 e. The summed E-state index contributed by atoms with van der Waals surface area (Å²) in [6, 6.07) is 0. The molecule has 1 aromatic rings. The van der Waals surface area contributed by atoms with Crippen LogP contribution < -0.4 is 0 Å². The molecule has 0 aromatic carbocycles. The molecule has 0 radical (unpaired) electrons. The van der Waals surface area contributed by atoms with Crippen LogP contribution in [0.5, 0.6) is 0 Å². The summed E-state index contributed by atoms with van der Waals surface area (Å²) in [5.74, 6) is 1.69. The van der Waals surface area contributed by atoms with Crippen LogP contribution in [0.4, 0.5) is 0 Å². The van der Waals surface area contributed by atoms with Gasteiger partial charge in [-0.2, -0.15) is 11.8 Å². The van der Waals surface area contributed by atoms with Crippen LogP contribution in [0.1, 0.15) is 57.2 Å². The van der Waals surface area contributed by atoms with E-state index in [0.717, 1.165) is 11.0 Å². The third-order valence-corrected chi connectivity index (χ3v) is 5.15. The molecule has 0 aliphatic heterocycles. The van der Waals surface area contributed by atoms with Gasteiger partial charge in [-0.25, -0.2) is 4.98 Å². The molecule has 1 nitrogen and oxygen atoms in total. The lowest BCUT2D eigenvalue weighted by Gasteiger charge is -2.06. The fraction of sp³-hybridized carbons (Fsp3) is 0.750. The molecule has 3 heteroatoms. The summed E-state index contributed by atoms with van der Waals surface area (Å²) >= 11 is 3.82. The number of thiazole rings is 1. The fourth-order valence-electron chi connectivity index (χ4n) is 1.16. The van der Waals surface area contributed by atoms with E-state index in [1.807, 2.05) is 23.1 Å². The summed E-state index contributed by atoms with van der Waals surface area (Å²) in [6.45, 7) is 9.00. The molecule has 2 atom stereocenters. The van der Waals surface area contributed by atoms with Crippen molar-refractivity contribution in [2.45, 2.75) is 57.5 Å². The molecule has 1 rings (SSSR count). The quantitative estimate of drug-likeness (QED) is 0.719. The number of hydrogen-bond acceptors (Lipinski definition) is 3. The van der Waals surface area contributed by atoms with Crippen molar-refractivity contribution in [2.24, 2.45) is 0 Å². The van der Waals surface area contributed by atoms with Gasteiger partial charge >= 0.3 is 0 Å². The van der Waals surface area contributed by atoms with Crippen LogP contribution in [0.3, 0.4) is 0 Å². The van der Waals surface area contributed by atoms with E-state index in [2.05, 4.69) is 38.1 Å². The predicted molar refractivity (Wildman–Crippen MR) is 71.9 cm³/mol. The monoisotopic (exact) mass is 243 g/mol. The van der Waals surface area contributed by atoms with Crippen molar-refractivity contribution in [1.82, 2.24) is 4.98 Å². The van der Waals surface area contributed by atoms with Gasteiger partial charge in [-0.15, -0.1) is 11.3 Å². The number of aromatic nitrogens is 1. The second kappa shape index (κ2) is 6.54. The van der Waals surface area contributed by atoms with Gasteiger partial charge in [0.05, 0.1) is 5.69 Å². The first-order chi connectivity index (χ1) is 7.17. The summed E-state index contributed by atoms with van der Waals surface area (Å²) in [5, 5.41) is 4.26. The Balaban J connectivity index is 2.46. The summed E-state index contributed by atoms with van der Waals surface area (Å²) in [6.07, 6.45) is 2.43. The Morgan fingerprint density at radius 2 is 2.07 bits per heavy atom. The van der Waals surface area contributed by atoms with E-state index < -0.39 is 0 Å². The second-order valence-corrected chi connectivity index (χ2v) is 6.37. The highest BCUT2D eigenvalue weighted by molar-refractivity contribution is 7.99. The van der Waals surface area contributed by atoms with Gasteiger partial charge in [-0.1, -0.05) is 27.7 Å². The molecule has 2 unspecified atom stereocenters. The fourth-order valence-corrected chi connectivity index (χ4v) is 3.06. The van der Waals surface area contributed by atoms with E-state index >= 15 is 0 Å². The zero-order chi connectivity index (χ0) is 11.3. The number of rotatable bonds is 6. The molecule has 1 heterocycles. The Labute approximate surface area is 102 Å². The van der Waals surface area contributed by atoms with Crippen LogP contribution in [0.25, 0.3) is 0 Å². The van der Waals surface area contributed by atoms with Crippen LogP contribution in [0.2, 0.25) is 0 Å². The minimum absolute atomic E-state index is 0.614. The first kappa shape index (κ1) is 13.0. The van der Waals surface area contributed by atoms with E-state index in [9.17, 15) is 0 Å². The Kier molecular flexibility index (Phi) is 5.69. The maximum Gasteiger partial charge on any atom is 0.103 e. The van der Waals surface area contributed by atoms with E-state index in [1.165, 1.54) is 23.5 Å². The molecule has 0 bridgehead atoms. The molecule has 0 amide bonds. The van der Waals surface area contributed by atoms with E-state index in [0.29, 0.717) is 5.92 Å². The van der Waals surface area contributed by atoms with Crippen LogP contribution in [-0.2, 0) is 5.75 Å². The Hall–Kier alpha value is -0.0200. The van der Waals surface area contributed by atoms with Gasteiger partial charge in [0, 0.05) is 16.4 Å². The van der Waals surface area contributed by atoms with Gasteiger partial charge in [-0.05, 0) is 18.8 Å². The van der Waals surface area contributed by atoms with E-state index in [1.54, 1.807) is 0 Å². The third kappa shape index (κ3) is 4.15. The average molecular weight is 243 g/mol. The Morgan fingerprint density at radius 3 is 2.67 bits per heavy atom. The topological polar surface area (TPSA) is 12.9 Å². The van der Waals surface area contributed by atoms with Crippen molar-refractivity contribution in [3.8, 4) is 0 Å². The number of nitrogens with zero attached hydrogens (tertiary/aromatic N) is 1. The summed E-state index contributed by atoms with van der Waals surface area (Å²) in [7, 11) is 0. The molecule has 0 aliphatic rings. The van der Waals surface area contributed by atoms with Gasteiger partial charge < -0.3 is 0 Å². The highest BCUT2D eigenvalue weighted by Crippen LogP contribution is 2.25. The smallest absolute Gasteiger partial charge is 0.103 e. The van der Waals surface area contributed by atoms with Crippen LogP contribution in [-0.4, -0.2) is 10.2 Å². The minimum atomic E-state index is 0.614. The van der Waals surface area contributed by atoms with Crippen molar-refractivity contribution in [3.63, 3.8) is 0 Å². The highest BCUT2D eigenvalue weighted by Gasteiger charge is 2.09. The second-order valence-electron chi connectivity index (χ2n) is 4.01. The molecule has 0 spiro atoms. The lowest BCUT2D eigenvalue weighted by molar-refractivity contribution is 0.711. The first-order valence-electron chi connectivity index (χ1n) is 5.73. The normalized spacial score (nSPS) is 15.2. The SMILES string of the molecule is CCC(C)SCc1nc(C(C)CC)cs1. The maximum atomic E-state index is 4.68. The van der Waals surface area contributed by atoms with E-state index in [-0.39, 0.29) is 0 Å². The Morgan fingerprint density at radius 1 is 1.33 bits per heavy atom. The van der Waals surface area contributed by atoms with Crippen molar-refractivity contribution in [3.05, 3.63) is 16.1 Å². The zero-order valence-electron chi connectivity index (χ0n) is 10.1. The molecular weight excluding hydrogens is 222 g/mol. The lowest BCUT2D eigenvalue weighted by Crippen LogP contribution is -1.95. The van der Waals surface area contributed by atoms with Crippen LogP contribution >= 0.6 is 23.1 Å². The average Bonchev–Trinajstić information content (AvgIpc) is 2.73. The molecule has 0 aliphatic carbocycles. The Bertz CT molecular complexity index is 283. The minimum Gasteiger partial charge on any atom is -0.245 e. The van der Waals surface area contributed by atoms with Crippen LogP contribution in [0, 0.1) is 0 Å². The van der Waals surface area contributed by atoms with Gasteiger partial charge in [0.1, 0.15) is 5.01 Å². The number of thioether (sulfide) groups is 1. The van der Waals surface area contributed by atoms with Crippen molar-refractivity contribution < 1.29 is 0 Å². The third-order valence-electron chi connectivity index (χ3n) is 2.75. The van der Waals surface area contributed by atoms with Gasteiger partial charge in [0.15, 0.2) is 0 Å². The zero-order valence-corrected chi connectivity index (χ0v) is 11.8. The number of hydrogen-bond donors (Lipinski definition) is 0. The molecule has 0 saturated heterocycles. The molecule has 1 aromatic heterocycles. The summed E-state index contributed by atoms with van der Waals surface area (Å²) < 4.78 is 0. The molecule has 0 saturated carbocycles. The van der Waals surface area contributed by atoms with Gasteiger partial charge in [-0.3, -0.25) is 0 Å². The molecule has 0 fully saturated rings.